The van der Waals surface area contributed by atoms with E-state index < -0.39 is 0 Å². The number of rotatable bonds is 8. The van der Waals surface area contributed by atoms with Crippen molar-refractivity contribution >= 4 is 29.0 Å². The second kappa shape index (κ2) is 10.5. The molecule has 2 heterocycles. The Morgan fingerprint density at radius 2 is 1.94 bits per heavy atom. The topological polar surface area (TPSA) is 77.0 Å². The van der Waals surface area contributed by atoms with Crippen LogP contribution in [0.1, 0.15) is 11.3 Å². The van der Waals surface area contributed by atoms with Gasteiger partial charge in [-0.15, -0.1) is 21.5 Å². The molecule has 0 bridgehead atoms. The van der Waals surface area contributed by atoms with Gasteiger partial charge >= 0.3 is 0 Å². The number of ether oxygens (including phenoxy) is 1. The Morgan fingerprint density at radius 1 is 1.12 bits per heavy atom. The minimum absolute atomic E-state index is 0.0871. The third kappa shape index (κ3) is 5.94. The van der Waals surface area contributed by atoms with Crippen LogP contribution in [-0.2, 0) is 11.3 Å². The molecule has 0 fully saturated rings. The van der Waals surface area contributed by atoms with Crippen LogP contribution in [0.2, 0.25) is 0 Å². The fourth-order valence-electron chi connectivity index (χ4n) is 3.04. The Balaban J connectivity index is 1.34. The average molecular weight is 481 g/mol. The molecule has 6 nitrogen and oxygen atoms in total. The van der Waals surface area contributed by atoms with Crippen molar-refractivity contribution in [1.29, 1.82) is 0 Å². The van der Waals surface area contributed by atoms with Crippen molar-refractivity contribution in [3.63, 3.8) is 0 Å². The van der Waals surface area contributed by atoms with E-state index in [2.05, 4.69) is 20.5 Å². The second-order valence-electron chi connectivity index (χ2n) is 7.11. The molecule has 4 rings (SSSR count). The Labute approximate surface area is 199 Å². The predicted octanol–water partition coefficient (Wildman–Crippen LogP) is 5.13. The first kappa shape index (κ1) is 22.9. The maximum absolute atomic E-state index is 13.2. The van der Waals surface area contributed by atoms with Crippen LogP contribution in [0.15, 0.2) is 65.7 Å². The predicted molar refractivity (Wildman–Crippen MR) is 129 cm³/mol. The summed E-state index contributed by atoms with van der Waals surface area (Å²) in [5.41, 5.74) is 3.38. The SMILES string of the molecule is COc1cccc(CNC(=O)CSc2ccc(-c3sc(-c4ccc(F)cc4)nc3C)nn2)c1. The monoisotopic (exact) mass is 480 g/mol. The first-order chi connectivity index (χ1) is 16.0. The van der Waals surface area contributed by atoms with Crippen molar-refractivity contribution < 1.29 is 13.9 Å². The first-order valence-electron chi connectivity index (χ1n) is 10.1. The zero-order valence-corrected chi connectivity index (χ0v) is 19.7. The van der Waals surface area contributed by atoms with Gasteiger partial charge in [-0.3, -0.25) is 4.79 Å². The van der Waals surface area contributed by atoms with Crippen LogP contribution < -0.4 is 10.1 Å². The Hall–Kier alpha value is -3.30. The molecular formula is C24H21FN4O2S2. The lowest BCUT2D eigenvalue weighted by Gasteiger charge is -2.07. The molecule has 0 aliphatic carbocycles. The number of hydrogen-bond acceptors (Lipinski definition) is 7. The highest BCUT2D eigenvalue weighted by Crippen LogP contribution is 2.34. The number of carbonyl (C=O) groups is 1. The van der Waals surface area contributed by atoms with E-state index >= 15 is 0 Å². The number of halogens is 1. The van der Waals surface area contributed by atoms with Crippen molar-refractivity contribution in [2.45, 2.75) is 18.5 Å². The summed E-state index contributed by atoms with van der Waals surface area (Å²) in [4.78, 5) is 17.7. The number of nitrogens with one attached hydrogen (secondary N) is 1. The van der Waals surface area contributed by atoms with Gasteiger partial charge in [-0.1, -0.05) is 23.9 Å². The highest BCUT2D eigenvalue weighted by Gasteiger charge is 2.13. The molecule has 0 aliphatic heterocycles. The molecule has 0 saturated heterocycles. The summed E-state index contributed by atoms with van der Waals surface area (Å²) in [6, 6.07) is 17.6. The van der Waals surface area contributed by atoms with Gasteiger partial charge in [0, 0.05) is 12.1 Å². The molecular weight excluding hydrogens is 459 g/mol. The summed E-state index contributed by atoms with van der Waals surface area (Å²) < 4.78 is 18.4. The minimum Gasteiger partial charge on any atom is -0.497 e. The molecule has 2 aromatic carbocycles. The summed E-state index contributed by atoms with van der Waals surface area (Å²) in [6.45, 7) is 2.35. The molecule has 1 N–H and O–H groups in total. The van der Waals surface area contributed by atoms with Gasteiger partial charge in [0.2, 0.25) is 5.91 Å². The van der Waals surface area contributed by atoms with E-state index in [9.17, 15) is 9.18 Å². The molecule has 33 heavy (non-hydrogen) atoms. The number of aromatic nitrogens is 3. The lowest BCUT2D eigenvalue weighted by atomic mass is 10.2. The van der Waals surface area contributed by atoms with Gasteiger partial charge in [0.05, 0.1) is 23.4 Å². The van der Waals surface area contributed by atoms with Gasteiger partial charge in [0.25, 0.3) is 0 Å². The van der Waals surface area contributed by atoms with Gasteiger partial charge in [0.15, 0.2) is 0 Å². The smallest absolute Gasteiger partial charge is 0.230 e. The summed E-state index contributed by atoms with van der Waals surface area (Å²) in [7, 11) is 1.61. The van der Waals surface area contributed by atoms with Crippen LogP contribution in [0.3, 0.4) is 0 Å². The molecule has 9 heteroatoms. The van der Waals surface area contributed by atoms with E-state index in [-0.39, 0.29) is 17.5 Å². The van der Waals surface area contributed by atoms with Crippen LogP contribution >= 0.6 is 23.1 Å². The quantitative estimate of drug-likeness (QED) is 0.352. The standard InChI is InChI=1S/C24H21FN4O2S2/c1-15-23(33-24(27-15)17-6-8-18(25)9-7-17)20-10-11-22(29-28-20)32-14-21(30)26-13-16-4-3-5-19(12-16)31-2/h3-12H,13-14H2,1-2H3,(H,26,30). The van der Waals surface area contributed by atoms with E-state index in [1.165, 1.54) is 35.2 Å². The Kier molecular flexibility index (Phi) is 7.31. The zero-order valence-electron chi connectivity index (χ0n) is 18.0. The van der Waals surface area contributed by atoms with Crippen molar-refractivity contribution in [3.05, 3.63) is 77.7 Å². The first-order valence-corrected chi connectivity index (χ1v) is 11.9. The van der Waals surface area contributed by atoms with Gasteiger partial charge in [-0.25, -0.2) is 9.37 Å². The van der Waals surface area contributed by atoms with Crippen LogP contribution in [0, 0.1) is 12.7 Å². The number of amides is 1. The minimum atomic E-state index is -0.278. The van der Waals surface area contributed by atoms with Crippen LogP contribution in [0.5, 0.6) is 5.75 Å². The summed E-state index contributed by atoms with van der Waals surface area (Å²) >= 11 is 2.81. The zero-order chi connectivity index (χ0) is 23.2. The average Bonchev–Trinajstić information content (AvgIpc) is 3.23. The van der Waals surface area contributed by atoms with E-state index in [1.807, 2.05) is 43.3 Å². The number of thioether (sulfide) groups is 1. The van der Waals surface area contributed by atoms with Crippen molar-refractivity contribution in [1.82, 2.24) is 20.5 Å². The summed E-state index contributed by atoms with van der Waals surface area (Å²) in [5, 5.41) is 12.9. The molecule has 0 atom stereocenters. The molecule has 2 aromatic heterocycles. The molecule has 0 radical (unpaired) electrons. The van der Waals surface area contributed by atoms with Crippen molar-refractivity contribution in [3.8, 4) is 26.9 Å². The van der Waals surface area contributed by atoms with Crippen molar-refractivity contribution in [2.24, 2.45) is 0 Å². The number of methoxy groups -OCH3 is 1. The fraction of sp³-hybridized carbons (Fsp3) is 0.167. The lowest BCUT2D eigenvalue weighted by molar-refractivity contribution is -0.118. The third-order valence-corrected chi connectivity index (χ3v) is 6.88. The van der Waals surface area contributed by atoms with Crippen LogP contribution in [0.4, 0.5) is 4.39 Å². The normalized spacial score (nSPS) is 10.8. The second-order valence-corrected chi connectivity index (χ2v) is 9.11. The van der Waals surface area contributed by atoms with Crippen LogP contribution in [0.25, 0.3) is 21.1 Å². The fourth-order valence-corrected chi connectivity index (χ4v) is 4.72. The maximum atomic E-state index is 13.2. The van der Waals surface area contributed by atoms with E-state index in [4.69, 9.17) is 4.74 Å². The van der Waals surface area contributed by atoms with E-state index in [0.29, 0.717) is 17.3 Å². The number of hydrogen-bond donors (Lipinski definition) is 1. The third-order valence-electron chi connectivity index (χ3n) is 4.74. The summed E-state index contributed by atoms with van der Waals surface area (Å²) in [6.07, 6.45) is 0. The van der Waals surface area contributed by atoms with Crippen molar-refractivity contribution in [2.75, 3.05) is 12.9 Å². The molecule has 0 aliphatic rings. The maximum Gasteiger partial charge on any atom is 0.230 e. The number of thiazole rings is 1. The molecule has 168 valence electrons. The van der Waals surface area contributed by atoms with E-state index in [1.54, 1.807) is 19.2 Å². The largest absolute Gasteiger partial charge is 0.497 e. The number of aryl methyl sites for hydroxylation is 1. The molecule has 0 spiro atoms. The Morgan fingerprint density at radius 3 is 2.67 bits per heavy atom. The highest BCUT2D eigenvalue weighted by atomic mass is 32.2. The van der Waals surface area contributed by atoms with Crippen LogP contribution in [-0.4, -0.2) is 34.0 Å². The van der Waals surface area contributed by atoms with E-state index in [0.717, 1.165) is 32.5 Å². The highest BCUT2D eigenvalue weighted by molar-refractivity contribution is 7.99. The van der Waals surface area contributed by atoms with Gasteiger partial charge in [0.1, 0.15) is 27.3 Å². The number of nitrogens with zero attached hydrogens (tertiary/aromatic N) is 3. The molecule has 0 unspecified atom stereocenters. The van der Waals surface area contributed by atoms with Gasteiger partial charge in [-0.2, -0.15) is 0 Å². The molecule has 4 aromatic rings. The van der Waals surface area contributed by atoms with Gasteiger partial charge < -0.3 is 10.1 Å². The number of carbonyl (C=O) groups excluding carboxylic acids is 1. The molecule has 1 amide bonds. The lowest BCUT2D eigenvalue weighted by Crippen LogP contribution is -2.24. The van der Waals surface area contributed by atoms with Gasteiger partial charge in [-0.05, 0) is 61.0 Å². The molecule has 0 saturated carbocycles. The number of benzene rings is 2. The Bertz CT molecular complexity index is 1240. The summed E-state index contributed by atoms with van der Waals surface area (Å²) in [5.74, 6) is 0.635.